The SMILES string of the molecule is CCCCCC(=O)OS(=O)(=O)CC1(C)C2CCC1(C)C(=O)C2Br. The van der Waals surface area contributed by atoms with E-state index in [9.17, 15) is 18.0 Å². The zero-order valence-electron chi connectivity index (χ0n) is 13.9. The third-order valence-corrected chi connectivity index (χ3v) is 8.31. The van der Waals surface area contributed by atoms with Crippen LogP contribution in [0.25, 0.3) is 0 Å². The summed E-state index contributed by atoms with van der Waals surface area (Å²) in [5.74, 6) is -0.942. The fraction of sp³-hybridized carbons (Fsp3) is 0.875. The molecule has 0 radical (unpaired) electrons. The molecule has 4 atom stereocenters. The molecule has 7 heteroatoms. The summed E-state index contributed by atoms with van der Waals surface area (Å²) in [5.41, 5.74) is -1.37. The quantitative estimate of drug-likeness (QED) is 0.367. The highest BCUT2D eigenvalue weighted by atomic mass is 79.9. The Bertz CT molecular complexity index is 602. The number of hydrogen-bond acceptors (Lipinski definition) is 5. The van der Waals surface area contributed by atoms with Gasteiger partial charge in [-0.15, -0.1) is 0 Å². The second-order valence-corrected chi connectivity index (χ2v) is 9.83. The molecule has 0 saturated heterocycles. The van der Waals surface area contributed by atoms with Crippen molar-refractivity contribution in [2.45, 2.75) is 64.1 Å². The van der Waals surface area contributed by atoms with Gasteiger partial charge in [0.2, 0.25) is 0 Å². The van der Waals surface area contributed by atoms with Crippen molar-refractivity contribution in [3.63, 3.8) is 0 Å². The molecule has 0 amide bonds. The lowest BCUT2D eigenvalue weighted by molar-refractivity contribution is -0.134. The third-order valence-electron chi connectivity index (χ3n) is 5.86. The van der Waals surface area contributed by atoms with Gasteiger partial charge >= 0.3 is 16.1 Å². The number of carbonyl (C=O) groups excluding carboxylic acids is 2. The molecule has 2 saturated carbocycles. The average Bonchev–Trinajstić information content (AvgIpc) is 2.74. The number of hydrogen-bond donors (Lipinski definition) is 0. The zero-order valence-corrected chi connectivity index (χ0v) is 16.3. The van der Waals surface area contributed by atoms with Crippen molar-refractivity contribution >= 4 is 37.8 Å². The lowest BCUT2D eigenvalue weighted by Gasteiger charge is -2.35. The molecule has 0 aromatic carbocycles. The van der Waals surface area contributed by atoms with E-state index in [1.807, 2.05) is 20.8 Å². The Hall–Kier alpha value is -0.430. The smallest absolute Gasteiger partial charge is 0.322 e. The van der Waals surface area contributed by atoms with Crippen LogP contribution < -0.4 is 0 Å². The summed E-state index contributed by atoms with van der Waals surface area (Å²) < 4.78 is 29.4. The number of unbranched alkanes of at least 4 members (excludes halogenated alkanes) is 2. The summed E-state index contributed by atoms with van der Waals surface area (Å²) in [6.45, 7) is 5.69. The van der Waals surface area contributed by atoms with Crippen molar-refractivity contribution in [1.82, 2.24) is 0 Å². The molecule has 4 unspecified atom stereocenters. The molecular formula is C16H25BrO5S. The molecule has 0 N–H and O–H groups in total. The number of rotatable bonds is 7. The van der Waals surface area contributed by atoms with Crippen molar-refractivity contribution in [2.75, 3.05) is 5.75 Å². The van der Waals surface area contributed by atoms with Gasteiger partial charge in [-0.2, -0.15) is 8.42 Å². The first-order valence-electron chi connectivity index (χ1n) is 8.21. The largest absolute Gasteiger partial charge is 0.346 e. The van der Waals surface area contributed by atoms with Gasteiger partial charge in [0.15, 0.2) is 5.78 Å². The molecule has 2 rings (SSSR count). The minimum atomic E-state index is -3.99. The Morgan fingerprint density at radius 2 is 2.00 bits per heavy atom. The number of halogens is 1. The zero-order chi connectivity index (χ0) is 17.5. The summed E-state index contributed by atoms with van der Waals surface area (Å²) in [5, 5.41) is 0. The normalized spacial score (nSPS) is 36.4. The van der Waals surface area contributed by atoms with Crippen LogP contribution in [-0.4, -0.2) is 30.8 Å². The number of fused-ring (bicyclic) bond motifs is 2. The van der Waals surface area contributed by atoms with Crippen LogP contribution in [-0.2, 0) is 23.9 Å². The molecule has 0 aromatic heterocycles. The summed E-state index contributed by atoms with van der Waals surface area (Å²) >= 11 is 3.42. The standard InChI is InChI=1S/C16H25BrO5S/c1-4-5-6-7-12(18)22-23(20,21)10-16(3)11-8-9-15(16,2)14(19)13(11)17/h11,13H,4-10H2,1-3H3. The Morgan fingerprint density at radius 3 is 2.52 bits per heavy atom. The molecule has 0 heterocycles. The van der Waals surface area contributed by atoms with E-state index in [0.29, 0.717) is 12.8 Å². The Kier molecular flexibility index (Phi) is 5.31. The maximum Gasteiger partial charge on any atom is 0.322 e. The van der Waals surface area contributed by atoms with E-state index >= 15 is 0 Å². The minimum Gasteiger partial charge on any atom is -0.346 e. The molecule has 2 bridgehead atoms. The predicted octanol–water partition coefficient (Wildman–Crippen LogP) is 3.21. The molecule has 2 aliphatic carbocycles. The van der Waals surface area contributed by atoms with Gasteiger partial charge in [0.1, 0.15) is 0 Å². The Labute approximate surface area is 146 Å². The van der Waals surface area contributed by atoms with E-state index in [1.54, 1.807) is 0 Å². The van der Waals surface area contributed by atoms with Gasteiger partial charge in [-0.3, -0.25) is 9.59 Å². The second-order valence-electron chi connectivity index (χ2n) is 7.28. The molecule has 23 heavy (non-hydrogen) atoms. The first-order chi connectivity index (χ1) is 10.6. The van der Waals surface area contributed by atoms with Crippen LogP contribution in [0.4, 0.5) is 0 Å². The lowest BCUT2D eigenvalue weighted by Crippen LogP contribution is -2.41. The van der Waals surface area contributed by atoms with Gasteiger partial charge in [-0.1, -0.05) is 49.5 Å². The minimum absolute atomic E-state index is 0.0337. The van der Waals surface area contributed by atoms with Gasteiger partial charge in [0, 0.05) is 17.3 Å². The van der Waals surface area contributed by atoms with Crippen LogP contribution in [0.1, 0.15) is 59.3 Å². The molecule has 0 aromatic rings. The second kappa shape index (κ2) is 6.47. The van der Waals surface area contributed by atoms with Crippen LogP contribution in [0.3, 0.4) is 0 Å². The van der Waals surface area contributed by atoms with Crippen LogP contribution in [0.15, 0.2) is 0 Å². The lowest BCUT2D eigenvalue weighted by atomic mass is 9.70. The predicted molar refractivity (Wildman–Crippen MR) is 90.7 cm³/mol. The van der Waals surface area contributed by atoms with Crippen molar-refractivity contribution in [2.24, 2.45) is 16.7 Å². The molecule has 2 aliphatic rings. The van der Waals surface area contributed by atoms with Crippen molar-refractivity contribution in [1.29, 1.82) is 0 Å². The highest BCUT2D eigenvalue weighted by Crippen LogP contribution is 2.65. The summed E-state index contributed by atoms with van der Waals surface area (Å²) in [6.07, 6.45) is 4.07. The number of carbonyl (C=O) groups is 2. The van der Waals surface area contributed by atoms with Crippen LogP contribution in [0, 0.1) is 16.7 Å². The van der Waals surface area contributed by atoms with E-state index in [2.05, 4.69) is 15.9 Å². The van der Waals surface area contributed by atoms with Crippen molar-refractivity contribution in [3.8, 4) is 0 Å². The van der Waals surface area contributed by atoms with Crippen LogP contribution >= 0.6 is 15.9 Å². The molecular weight excluding hydrogens is 384 g/mol. The van der Waals surface area contributed by atoms with Gasteiger partial charge in [-0.25, -0.2) is 0 Å². The van der Waals surface area contributed by atoms with Crippen molar-refractivity contribution < 1.29 is 22.2 Å². The first kappa shape index (κ1) is 18.9. The third kappa shape index (κ3) is 3.23. The highest BCUT2D eigenvalue weighted by Gasteiger charge is 2.69. The van der Waals surface area contributed by atoms with E-state index in [0.717, 1.165) is 19.3 Å². The topological polar surface area (TPSA) is 77.5 Å². The van der Waals surface area contributed by atoms with E-state index in [1.165, 1.54) is 0 Å². The summed E-state index contributed by atoms with van der Waals surface area (Å²) in [4.78, 5) is 23.9. The van der Waals surface area contributed by atoms with Crippen molar-refractivity contribution in [3.05, 3.63) is 0 Å². The molecule has 5 nitrogen and oxygen atoms in total. The van der Waals surface area contributed by atoms with Gasteiger partial charge in [0.25, 0.3) is 0 Å². The fourth-order valence-electron chi connectivity index (χ4n) is 4.18. The Balaban J connectivity index is 2.09. The monoisotopic (exact) mass is 408 g/mol. The van der Waals surface area contributed by atoms with Gasteiger partial charge in [-0.05, 0) is 25.2 Å². The average molecular weight is 409 g/mol. The molecule has 0 aliphatic heterocycles. The van der Waals surface area contributed by atoms with Crippen LogP contribution in [0.5, 0.6) is 0 Å². The summed E-state index contributed by atoms with van der Waals surface area (Å²) in [6, 6.07) is 0. The number of ketones is 1. The molecule has 0 spiro atoms. The maximum atomic E-state index is 12.4. The highest BCUT2D eigenvalue weighted by molar-refractivity contribution is 9.10. The summed E-state index contributed by atoms with van der Waals surface area (Å²) in [7, 11) is -3.99. The van der Waals surface area contributed by atoms with Gasteiger partial charge < -0.3 is 4.18 Å². The first-order valence-corrected chi connectivity index (χ1v) is 10.7. The van der Waals surface area contributed by atoms with Crippen LogP contribution in [0.2, 0.25) is 0 Å². The molecule has 132 valence electrons. The number of alkyl halides is 1. The van der Waals surface area contributed by atoms with E-state index < -0.39 is 26.9 Å². The Morgan fingerprint density at radius 1 is 1.35 bits per heavy atom. The number of Topliss-reactive ketones (excluding diaryl/α,β-unsaturated/α-hetero) is 1. The maximum absolute atomic E-state index is 12.4. The van der Waals surface area contributed by atoms with E-state index in [4.69, 9.17) is 4.18 Å². The van der Waals surface area contributed by atoms with Gasteiger partial charge in [0.05, 0.1) is 10.6 Å². The van der Waals surface area contributed by atoms with E-state index in [-0.39, 0.29) is 28.7 Å². The molecule has 2 fully saturated rings. The fourth-order valence-corrected chi connectivity index (χ4v) is 7.23.